The van der Waals surface area contributed by atoms with E-state index in [4.69, 9.17) is 9.39 Å². The van der Waals surface area contributed by atoms with Crippen molar-refractivity contribution in [1.29, 1.82) is 0 Å². The summed E-state index contributed by atoms with van der Waals surface area (Å²) in [6, 6.07) is 6.09. The molecule has 1 aliphatic rings. The van der Waals surface area contributed by atoms with Gasteiger partial charge in [0.1, 0.15) is 24.8 Å². The Morgan fingerprint density at radius 2 is 1.96 bits per heavy atom. The number of amides is 1. The molecule has 0 atom stereocenters. The number of nitrogens with one attached hydrogen (secondary N) is 1. The van der Waals surface area contributed by atoms with Gasteiger partial charge < -0.3 is 19.7 Å². The Bertz CT molecular complexity index is 885. The van der Waals surface area contributed by atoms with Crippen LogP contribution in [0.2, 0.25) is 0 Å². The molecular formula is C18H16BF2NO5. The Hall–Kier alpha value is -2.78. The molecule has 0 saturated carbocycles. The molecule has 0 bridgehead atoms. The highest BCUT2D eigenvalue weighted by molar-refractivity contribution is 6.62. The third-order valence-electron chi connectivity index (χ3n) is 4.21. The quantitative estimate of drug-likeness (QED) is 0.601. The second-order valence-corrected chi connectivity index (χ2v) is 6.10. The van der Waals surface area contributed by atoms with Crippen molar-refractivity contribution in [1.82, 2.24) is 5.32 Å². The van der Waals surface area contributed by atoms with Gasteiger partial charge in [-0.05, 0) is 47.3 Å². The minimum atomic E-state index is -1.08. The number of hydrogen-bond donors (Lipinski definition) is 2. The molecule has 0 spiro atoms. The molecule has 2 N–H and O–H groups in total. The van der Waals surface area contributed by atoms with Crippen LogP contribution in [0.3, 0.4) is 0 Å². The summed E-state index contributed by atoms with van der Waals surface area (Å²) in [6.07, 6.45) is 0. The van der Waals surface area contributed by atoms with Crippen molar-refractivity contribution in [3.8, 4) is 0 Å². The highest BCUT2D eigenvalue weighted by atomic mass is 19.1. The smallest absolute Gasteiger partial charge is 0.459 e. The lowest BCUT2D eigenvalue weighted by Gasteiger charge is -2.11. The van der Waals surface area contributed by atoms with Crippen LogP contribution in [-0.2, 0) is 27.4 Å². The van der Waals surface area contributed by atoms with Crippen LogP contribution >= 0.6 is 0 Å². The van der Waals surface area contributed by atoms with E-state index >= 15 is 0 Å². The summed E-state index contributed by atoms with van der Waals surface area (Å²) in [4.78, 5) is 24.1. The zero-order valence-corrected chi connectivity index (χ0v) is 14.4. The van der Waals surface area contributed by atoms with Gasteiger partial charge in [-0.25, -0.2) is 8.78 Å². The molecule has 0 aromatic heterocycles. The number of halogens is 2. The molecule has 0 radical (unpaired) electrons. The lowest BCUT2D eigenvalue weighted by atomic mass is 9.75. The van der Waals surface area contributed by atoms with Crippen LogP contribution < -0.4 is 10.8 Å². The summed E-state index contributed by atoms with van der Waals surface area (Å²) < 4.78 is 36.2. The average molecular weight is 375 g/mol. The maximum absolute atomic E-state index is 13.1. The van der Waals surface area contributed by atoms with E-state index in [-0.39, 0.29) is 18.8 Å². The first-order chi connectivity index (χ1) is 12.8. The second kappa shape index (κ2) is 7.85. The highest BCUT2D eigenvalue weighted by Crippen LogP contribution is 2.16. The summed E-state index contributed by atoms with van der Waals surface area (Å²) in [5.41, 5.74) is 2.39. The van der Waals surface area contributed by atoms with Gasteiger partial charge >= 0.3 is 13.1 Å². The molecule has 2 aromatic carbocycles. The standard InChI is InChI=1S/C18H16BF2NO5/c1-10-15(3-2-12-9-27-19(25)17(10)12)18(24)22-7-16(23)26-8-11-4-13(20)6-14(21)5-11/h2-6,25H,7-9H2,1H3,(H,22,24). The third kappa shape index (κ3) is 4.32. The Balaban J connectivity index is 1.56. The molecule has 1 aliphatic heterocycles. The van der Waals surface area contributed by atoms with E-state index in [1.807, 2.05) is 0 Å². The summed E-state index contributed by atoms with van der Waals surface area (Å²) in [6.45, 7) is 1.23. The summed E-state index contributed by atoms with van der Waals surface area (Å²) in [5, 5.41) is 12.2. The highest BCUT2D eigenvalue weighted by Gasteiger charge is 2.31. The van der Waals surface area contributed by atoms with Crippen molar-refractivity contribution < 1.29 is 32.8 Å². The number of rotatable bonds is 5. The van der Waals surface area contributed by atoms with Crippen LogP contribution in [0.4, 0.5) is 8.78 Å². The first-order valence-electron chi connectivity index (χ1n) is 8.16. The van der Waals surface area contributed by atoms with E-state index in [9.17, 15) is 23.4 Å². The van der Waals surface area contributed by atoms with Gasteiger partial charge in [0, 0.05) is 11.6 Å². The number of ether oxygens (including phenoxy) is 1. The third-order valence-corrected chi connectivity index (χ3v) is 4.21. The van der Waals surface area contributed by atoms with Crippen molar-refractivity contribution >= 4 is 24.5 Å². The van der Waals surface area contributed by atoms with Crippen molar-refractivity contribution in [3.63, 3.8) is 0 Å². The molecule has 6 nitrogen and oxygen atoms in total. The maximum Gasteiger partial charge on any atom is 0.492 e. The van der Waals surface area contributed by atoms with Gasteiger partial charge in [-0.2, -0.15) is 0 Å². The van der Waals surface area contributed by atoms with E-state index < -0.39 is 37.2 Å². The van der Waals surface area contributed by atoms with Crippen molar-refractivity contribution in [2.24, 2.45) is 0 Å². The molecule has 0 fully saturated rings. The van der Waals surface area contributed by atoms with Crippen LogP contribution in [-0.4, -0.2) is 30.6 Å². The van der Waals surface area contributed by atoms with Gasteiger partial charge in [-0.15, -0.1) is 0 Å². The normalized spacial score (nSPS) is 12.7. The summed E-state index contributed by atoms with van der Waals surface area (Å²) in [7, 11) is -1.08. The van der Waals surface area contributed by atoms with Gasteiger partial charge in [0.15, 0.2) is 0 Å². The molecule has 9 heteroatoms. The Morgan fingerprint density at radius 1 is 1.26 bits per heavy atom. The monoisotopic (exact) mass is 375 g/mol. The molecule has 140 valence electrons. The largest absolute Gasteiger partial charge is 0.492 e. The van der Waals surface area contributed by atoms with Crippen LogP contribution in [0.15, 0.2) is 30.3 Å². The van der Waals surface area contributed by atoms with Gasteiger partial charge in [-0.3, -0.25) is 9.59 Å². The molecule has 0 unspecified atom stereocenters. The summed E-state index contributed by atoms with van der Waals surface area (Å²) in [5.74, 6) is -2.81. The molecule has 1 heterocycles. The van der Waals surface area contributed by atoms with E-state index in [1.165, 1.54) is 0 Å². The van der Waals surface area contributed by atoms with Crippen molar-refractivity contribution in [2.75, 3.05) is 6.54 Å². The molecule has 1 amide bonds. The zero-order valence-electron chi connectivity index (χ0n) is 14.4. The lowest BCUT2D eigenvalue weighted by molar-refractivity contribution is -0.143. The van der Waals surface area contributed by atoms with Crippen LogP contribution in [0, 0.1) is 18.6 Å². The molecule has 3 rings (SSSR count). The predicted molar refractivity (Wildman–Crippen MR) is 92.1 cm³/mol. The van der Waals surface area contributed by atoms with Crippen molar-refractivity contribution in [2.45, 2.75) is 20.1 Å². The number of benzene rings is 2. The van der Waals surface area contributed by atoms with Crippen LogP contribution in [0.25, 0.3) is 0 Å². The number of hydrogen-bond acceptors (Lipinski definition) is 5. The van der Waals surface area contributed by atoms with Crippen molar-refractivity contribution in [3.05, 3.63) is 64.2 Å². The number of esters is 1. The molecular weight excluding hydrogens is 359 g/mol. The molecule has 27 heavy (non-hydrogen) atoms. The lowest BCUT2D eigenvalue weighted by Crippen LogP contribution is -2.35. The first kappa shape index (κ1) is 19.0. The fourth-order valence-corrected chi connectivity index (χ4v) is 2.91. The Kier molecular flexibility index (Phi) is 5.52. The van der Waals surface area contributed by atoms with E-state index in [1.54, 1.807) is 19.1 Å². The number of fused-ring (bicyclic) bond motifs is 1. The van der Waals surface area contributed by atoms with E-state index in [2.05, 4.69) is 5.32 Å². The fourth-order valence-electron chi connectivity index (χ4n) is 2.91. The SMILES string of the molecule is Cc1c(C(=O)NCC(=O)OCc2cc(F)cc(F)c2)ccc2c1B(O)OC2. The average Bonchev–Trinajstić information content (AvgIpc) is 2.99. The molecule has 0 saturated heterocycles. The predicted octanol–water partition coefficient (Wildman–Crippen LogP) is 0.964. The molecule has 2 aromatic rings. The van der Waals surface area contributed by atoms with Gasteiger partial charge in [-0.1, -0.05) is 6.07 Å². The fraction of sp³-hybridized carbons (Fsp3) is 0.222. The summed E-state index contributed by atoms with van der Waals surface area (Å²) >= 11 is 0. The number of carbonyl (C=O) groups is 2. The van der Waals surface area contributed by atoms with Crippen LogP contribution in [0.1, 0.15) is 27.0 Å². The minimum Gasteiger partial charge on any atom is -0.459 e. The second-order valence-electron chi connectivity index (χ2n) is 6.10. The van der Waals surface area contributed by atoms with E-state index in [0.29, 0.717) is 22.7 Å². The number of carbonyl (C=O) groups excluding carboxylic acids is 2. The van der Waals surface area contributed by atoms with Gasteiger partial charge in [0.25, 0.3) is 5.91 Å². The minimum absolute atomic E-state index is 0.163. The van der Waals surface area contributed by atoms with Gasteiger partial charge in [0.2, 0.25) is 0 Å². The maximum atomic E-state index is 13.1. The topological polar surface area (TPSA) is 84.9 Å². The Morgan fingerprint density at radius 3 is 2.67 bits per heavy atom. The Labute approximate surface area is 154 Å². The zero-order chi connectivity index (χ0) is 19.6. The van der Waals surface area contributed by atoms with Gasteiger partial charge in [0.05, 0.1) is 6.61 Å². The first-order valence-corrected chi connectivity index (χ1v) is 8.16. The molecule has 0 aliphatic carbocycles. The van der Waals surface area contributed by atoms with Crippen LogP contribution in [0.5, 0.6) is 0 Å². The van der Waals surface area contributed by atoms with E-state index in [0.717, 1.165) is 17.7 Å².